The van der Waals surface area contributed by atoms with Crippen LogP contribution in [0.5, 0.6) is 5.75 Å². The van der Waals surface area contributed by atoms with Crippen molar-refractivity contribution in [2.75, 3.05) is 11.9 Å². The van der Waals surface area contributed by atoms with E-state index in [1.54, 1.807) is 18.3 Å². The van der Waals surface area contributed by atoms with E-state index in [0.29, 0.717) is 23.8 Å². The number of nitrogens with zero attached hydrogens (tertiary/aromatic N) is 4. The zero-order valence-electron chi connectivity index (χ0n) is 13.0. The lowest BCUT2D eigenvalue weighted by molar-refractivity contribution is 0.101. The number of carbonyl (C=O) groups is 1. The third-order valence-corrected chi connectivity index (χ3v) is 3.23. The Kier molecular flexibility index (Phi) is 4.18. The molecule has 1 aromatic carbocycles. The van der Waals surface area contributed by atoms with Gasteiger partial charge >= 0.3 is 0 Å². The molecule has 0 spiro atoms. The third kappa shape index (κ3) is 3.13. The fraction of sp³-hybridized carbons (Fsp3) is 0.250. The quantitative estimate of drug-likeness (QED) is 0.783. The maximum atomic E-state index is 12.4. The minimum Gasteiger partial charge on any atom is -0.491 e. The molecule has 23 heavy (non-hydrogen) atoms. The molecule has 3 aromatic rings. The van der Waals surface area contributed by atoms with Crippen molar-refractivity contribution in [2.45, 2.75) is 20.3 Å². The molecule has 0 unspecified atom stereocenters. The van der Waals surface area contributed by atoms with Gasteiger partial charge in [-0.2, -0.15) is 4.98 Å². The van der Waals surface area contributed by atoms with Crippen molar-refractivity contribution in [3.8, 4) is 5.75 Å². The van der Waals surface area contributed by atoms with Gasteiger partial charge in [0.05, 0.1) is 12.3 Å². The average molecular weight is 311 g/mol. The van der Waals surface area contributed by atoms with E-state index < -0.39 is 5.91 Å². The Morgan fingerprint density at radius 1 is 1.30 bits per heavy atom. The van der Waals surface area contributed by atoms with Crippen molar-refractivity contribution in [1.82, 2.24) is 19.6 Å². The number of rotatable bonds is 5. The van der Waals surface area contributed by atoms with E-state index in [4.69, 9.17) is 4.74 Å². The summed E-state index contributed by atoms with van der Waals surface area (Å²) in [4.78, 5) is 20.6. The number of ether oxygens (including phenoxy) is 1. The van der Waals surface area contributed by atoms with Crippen molar-refractivity contribution in [1.29, 1.82) is 0 Å². The second-order valence-corrected chi connectivity index (χ2v) is 5.03. The van der Waals surface area contributed by atoms with Crippen molar-refractivity contribution in [3.05, 3.63) is 48.0 Å². The van der Waals surface area contributed by atoms with Gasteiger partial charge in [-0.3, -0.25) is 4.79 Å². The Balaban J connectivity index is 1.85. The maximum absolute atomic E-state index is 12.4. The average Bonchev–Trinajstić information content (AvgIpc) is 3.00. The van der Waals surface area contributed by atoms with Crippen molar-refractivity contribution in [2.24, 2.45) is 0 Å². The number of hydrogen-bond acceptors (Lipinski definition) is 5. The van der Waals surface area contributed by atoms with Gasteiger partial charge in [0.15, 0.2) is 0 Å². The molecule has 7 heteroatoms. The zero-order chi connectivity index (χ0) is 16.2. The Bertz CT molecular complexity index is 843. The normalized spacial score (nSPS) is 10.7. The highest BCUT2D eigenvalue weighted by atomic mass is 16.5. The molecule has 0 atom stereocenters. The molecule has 0 bridgehead atoms. The van der Waals surface area contributed by atoms with E-state index in [9.17, 15) is 4.79 Å². The van der Waals surface area contributed by atoms with E-state index in [1.807, 2.05) is 32.0 Å². The summed E-state index contributed by atoms with van der Waals surface area (Å²) >= 11 is 0. The SMILES string of the molecule is CCCOc1ccccc1NC(=O)c1nc2nccc(C)n2n1. The highest BCUT2D eigenvalue weighted by Gasteiger charge is 2.16. The summed E-state index contributed by atoms with van der Waals surface area (Å²) in [5, 5.41) is 6.98. The van der Waals surface area contributed by atoms with Gasteiger partial charge in [-0.15, -0.1) is 5.10 Å². The summed E-state index contributed by atoms with van der Waals surface area (Å²) in [7, 11) is 0. The van der Waals surface area contributed by atoms with E-state index in [1.165, 1.54) is 4.52 Å². The maximum Gasteiger partial charge on any atom is 0.295 e. The Labute approximate surface area is 133 Å². The standard InChI is InChI=1S/C16H17N5O2/c1-3-10-23-13-7-5-4-6-12(13)18-15(22)14-19-16-17-9-8-11(2)21(16)20-14/h4-9H,3,10H2,1-2H3,(H,18,22). The second-order valence-electron chi connectivity index (χ2n) is 5.03. The Hall–Kier alpha value is -2.96. The molecule has 1 N–H and O–H groups in total. The first kappa shape index (κ1) is 15.0. The molecule has 1 amide bonds. The molecule has 0 aliphatic rings. The highest BCUT2D eigenvalue weighted by Crippen LogP contribution is 2.24. The summed E-state index contributed by atoms with van der Waals surface area (Å²) < 4.78 is 7.16. The van der Waals surface area contributed by atoms with Gasteiger partial charge in [-0.05, 0) is 31.5 Å². The molecule has 7 nitrogen and oxygen atoms in total. The molecule has 0 saturated heterocycles. The van der Waals surface area contributed by atoms with Gasteiger partial charge in [0.1, 0.15) is 5.75 Å². The van der Waals surface area contributed by atoms with Crippen molar-refractivity contribution >= 4 is 17.4 Å². The summed E-state index contributed by atoms with van der Waals surface area (Å²) in [6.45, 7) is 4.48. The summed E-state index contributed by atoms with van der Waals surface area (Å²) in [5.41, 5.74) is 1.45. The number of amides is 1. The molecule has 0 aliphatic carbocycles. The van der Waals surface area contributed by atoms with Crippen LogP contribution in [0.2, 0.25) is 0 Å². The number of nitrogens with one attached hydrogen (secondary N) is 1. The molecule has 0 fully saturated rings. The minimum atomic E-state index is -0.401. The number of benzene rings is 1. The lowest BCUT2D eigenvalue weighted by Crippen LogP contribution is -2.15. The van der Waals surface area contributed by atoms with Crippen molar-refractivity contribution in [3.63, 3.8) is 0 Å². The summed E-state index contributed by atoms with van der Waals surface area (Å²) in [6, 6.07) is 9.09. The number of hydrogen-bond donors (Lipinski definition) is 1. The zero-order valence-corrected chi connectivity index (χ0v) is 13.0. The largest absolute Gasteiger partial charge is 0.491 e. The van der Waals surface area contributed by atoms with Crippen LogP contribution < -0.4 is 10.1 Å². The van der Waals surface area contributed by atoms with Gasteiger partial charge in [-0.1, -0.05) is 19.1 Å². The summed E-state index contributed by atoms with van der Waals surface area (Å²) in [6.07, 6.45) is 2.52. The van der Waals surface area contributed by atoms with Crippen LogP contribution >= 0.6 is 0 Å². The highest BCUT2D eigenvalue weighted by molar-refractivity contribution is 6.02. The van der Waals surface area contributed by atoms with Crippen LogP contribution in [0.3, 0.4) is 0 Å². The third-order valence-electron chi connectivity index (χ3n) is 3.23. The predicted molar refractivity (Wildman–Crippen MR) is 85.7 cm³/mol. The predicted octanol–water partition coefficient (Wildman–Crippen LogP) is 2.47. The number of fused-ring (bicyclic) bond motifs is 1. The fourth-order valence-corrected chi connectivity index (χ4v) is 2.09. The molecule has 0 saturated carbocycles. The van der Waals surface area contributed by atoms with Gasteiger partial charge in [0, 0.05) is 11.9 Å². The number of anilines is 1. The molecular formula is C16H17N5O2. The van der Waals surface area contributed by atoms with E-state index >= 15 is 0 Å². The molecule has 0 radical (unpaired) electrons. The monoisotopic (exact) mass is 311 g/mol. The van der Waals surface area contributed by atoms with Crippen LogP contribution in [-0.4, -0.2) is 32.1 Å². The van der Waals surface area contributed by atoms with Crippen LogP contribution in [0.15, 0.2) is 36.5 Å². The van der Waals surface area contributed by atoms with E-state index in [-0.39, 0.29) is 5.82 Å². The first-order chi connectivity index (χ1) is 11.2. The van der Waals surface area contributed by atoms with Gasteiger partial charge in [0.2, 0.25) is 5.82 Å². The minimum absolute atomic E-state index is 0.0668. The van der Waals surface area contributed by atoms with Crippen molar-refractivity contribution < 1.29 is 9.53 Å². The van der Waals surface area contributed by atoms with E-state index in [2.05, 4.69) is 20.4 Å². The van der Waals surface area contributed by atoms with Gasteiger partial charge in [-0.25, -0.2) is 9.50 Å². The molecule has 3 rings (SSSR count). The Morgan fingerprint density at radius 2 is 2.13 bits per heavy atom. The summed E-state index contributed by atoms with van der Waals surface area (Å²) in [5.74, 6) is 0.686. The van der Waals surface area contributed by atoms with Crippen LogP contribution in [0, 0.1) is 6.92 Å². The van der Waals surface area contributed by atoms with E-state index in [0.717, 1.165) is 12.1 Å². The van der Waals surface area contributed by atoms with Crippen LogP contribution in [0.4, 0.5) is 5.69 Å². The smallest absolute Gasteiger partial charge is 0.295 e. The number of aromatic nitrogens is 4. The Morgan fingerprint density at radius 3 is 2.91 bits per heavy atom. The lowest BCUT2D eigenvalue weighted by Gasteiger charge is -2.10. The molecule has 2 heterocycles. The molecular weight excluding hydrogens is 294 g/mol. The van der Waals surface area contributed by atoms with Gasteiger partial charge in [0.25, 0.3) is 11.7 Å². The number of aryl methyl sites for hydroxylation is 1. The number of carbonyl (C=O) groups excluding carboxylic acids is 1. The molecule has 0 aliphatic heterocycles. The van der Waals surface area contributed by atoms with Crippen LogP contribution in [0.25, 0.3) is 5.78 Å². The van der Waals surface area contributed by atoms with Crippen LogP contribution in [0.1, 0.15) is 29.7 Å². The lowest BCUT2D eigenvalue weighted by atomic mass is 10.3. The molecule has 2 aromatic heterocycles. The fourth-order valence-electron chi connectivity index (χ4n) is 2.09. The number of para-hydroxylation sites is 2. The molecule has 118 valence electrons. The first-order valence-electron chi connectivity index (χ1n) is 7.40. The van der Waals surface area contributed by atoms with Gasteiger partial charge < -0.3 is 10.1 Å². The second kappa shape index (κ2) is 6.43. The first-order valence-corrected chi connectivity index (χ1v) is 7.40. The van der Waals surface area contributed by atoms with Crippen LogP contribution in [-0.2, 0) is 0 Å². The topological polar surface area (TPSA) is 81.4 Å².